The molecule has 0 unspecified atom stereocenters. The van der Waals surface area contributed by atoms with Gasteiger partial charge in [0.1, 0.15) is 5.82 Å². The molecule has 0 saturated heterocycles. The Morgan fingerprint density at radius 1 is 0.538 bits per heavy atom. The van der Waals surface area contributed by atoms with Gasteiger partial charge >= 0.3 is 0 Å². The molecule has 8 aromatic rings. The van der Waals surface area contributed by atoms with E-state index in [-0.39, 0.29) is 42.7 Å². The minimum Gasteiger partial charge on any atom is -0.509 e. The van der Waals surface area contributed by atoms with Crippen LogP contribution in [0.4, 0.5) is 11.4 Å². The summed E-state index contributed by atoms with van der Waals surface area (Å²) in [5.74, 6) is 2.06. The maximum Gasteiger partial charge on any atom is 0.135 e. The third-order valence-electron chi connectivity index (χ3n) is 12.7. The minimum absolute atomic E-state index is 0. The van der Waals surface area contributed by atoms with Crippen LogP contribution >= 0.6 is 0 Å². The molecule has 3 heterocycles. The van der Waals surface area contributed by atoms with Crippen molar-refractivity contribution < 1.29 is 25.8 Å². The molecule has 65 heavy (non-hydrogen) atoms. The Morgan fingerprint density at radius 2 is 1.18 bits per heavy atom. The van der Waals surface area contributed by atoms with Crippen molar-refractivity contribution in [3.63, 3.8) is 0 Å². The van der Waals surface area contributed by atoms with Crippen molar-refractivity contribution in [1.82, 2.24) is 9.55 Å². The van der Waals surface area contributed by atoms with Crippen LogP contribution in [-0.4, -0.2) is 9.55 Å². The van der Waals surface area contributed by atoms with Crippen LogP contribution in [0.25, 0.3) is 33.3 Å². The Balaban J connectivity index is 0.00000576. The van der Waals surface area contributed by atoms with E-state index in [1.807, 2.05) is 12.3 Å². The van der Waals surface area contributed by atoms with Crippen LogP contribution in [-0.2, 0) is 42.7 Å². The summed E-state index contributed by atoms with van der Waals surface area (Å²) in [6, 6.07) is 57.3. The molecule has 9 rings (SSSR count). The summed E-state index contributed by atoms with van der Waals surface area (Å²) >= 11 is 0. The van der Waals surface area contributed by atoms with Gasteiger partial charge in [0.15, 0.2) is 0 Å². The van der Waals surface area contributed by atoms with Gasteiger partial charge in [0.2, 0.25) is 0 Å². The summed E-state index contributed by atoms with van der Waals surface area (Å²) < 4.78 is 9.20. The fraction of sp³-hybridized carbons (Fsp3) is 0.254. The maximum atomic E-state index is 6.96. The van der Waals surface area contributed by atoms with Gasteiger partial charge in [-0.3, -0.25) is 0 Å². The molecule has 0 N–H and O–H groups in total. The van der Waals surface area contributed by atoms with Crippen molar-refractivity contribution in [3.8, 4) is 17.3 Å². The Bertz CT molecular complexity index is 3030. The largest absolute Gasteiger partial charge is 0.509 e. The average molecular weight is 1040 g/mol. The molecular formula is C59H59N4OPt-3. The van der Waals surface area contributed by atoms with E-state index in [0.717, 1.165) is 55.8 Å². The molecule has 334 valence electrons. The maximum absolute atomic E-state index is 6.96. The van der Waals surface area contributed by atoms with Crippen molar-refractivity contribution >= 4 is 38.9 Å². The van der Waals surface area contributed by atoms with Gasteiger partial charge in [-0.2, -0.15) is 6.07 Å². The van der Waals surface area contributed by atoms with Gasteiger partial charge in [-0.05, 0) is 91.4 Å². The van der Waals surface area contributed by atoms with Crippen LogP contribution in [0.1, 0.15) is 110 Å². The van der Waals surface area contributed by atoms with E-state index in [1.165, 1.54) is 22.3 Å². The first-order chi connectivity index (χ1) is 30.3. The molecule has 0 spiro atoms. The van der Waals surface area contributed by atoms with E-state index in [9.17, 15) is 0 Å². The Labute approximate surface area is 401 Å². The molecule has 1 aliphatic rings. The molecule has 0 saturated carbocycles. The standard InChI is InChI=1S/C59H59N4O.Pt/c1-56(2,3)42-23-18-24-46(31-42)62-39-61(38-54(62)40-19-14-12-15-20-40)47-32-45(59(10,11)41-21-16-13-17-22-41)33-49(36-47)64-48-26-27-50-51-34-43(57(4,5)6)25-28-52(51)63(53(50)37-48)55-35-44(29-30-60-55)58(7,8)9;/h12-35,38-39H,1-11H3;/q-3;. The summed E-state index contributed by atoms with van der Waals surface area (Å²) in [4.78, 5) is 9.41. The molecule has 0 radical (unpaired) electrons. The molecule has 0 aliphatic carbocycles. The normalized spacial score (nSPS) is 13.6. The third kappa shape index (κ3) is 9.05. The van der Waals surface area contributed by atoms with Gasteiger partial charge in [-0.1, -0.05) is 167 Å². The number of nitrogens with zero attached hydrogens (tertiary/aromatic N) is 4. The number of pyridine rings is 1. The second-order valence-corrected chi connectivity index (χ2v) is 20.8. The van der Waals surface area contributed by atoms with Crippen LogP contribution in [0.15, 0.2) is 152 Å². The van der Waals surface area contributed by atoms with E-state index in [1.54, 1.807) is 0 Å². The average Bonchev–Trinajstić information content (AvgIpc) is 3.86. The third-order valence-corrected chi connectivity index (χ3v) is 12.7. The molecule has 1 aliphatic heterocycles. The zero-order valence-electron chi connectivity index (χ0n) is 39.5. The SMILES string of the molecule is CC(C)(C)c1cccc(N2[CH-]N(c3[c-]c(Oc4[c-]c5c(cc4)c4cc(C(C)(C)C)ccc4n5-c4cc(C(C)(C)C)ccn4)cc(C(C)(C)c4ccccc4)c3)C=C2c2ccccc2)c1.[Pt]. The van der Waals surface area contributed by atoms with Crippen molar-refractivity contribution in [2.24, 2.45) is 0 Å². The predicted octanol–water partition coefficient (Wildman–Crippen LogP) is 15.2. The van der Waals surface area contributed by atoms with Crippen LogP contribution in [0.2, 0.25) is 0 Å². The summed E-state index contributed by atoms with van der Waals surface area (Å²) in [5.41, 5.74) is 11.8. The second kappa shape index (κ2) is 17.1. The van der Waals surface area contributed by atoms with Gasteiger partial charge in [-0.25, -0.2) is 4.98 Å². The zero-order chi connectivity index (χ0) is 45.2. The molecule has 0 amide bonds. The van der Waals surface area contributed by atoms with E-state index in [0.29, 0.717) is 11.5 Å². The monoisotopic (exact) mass is 1030 g/mol. The molecular weight excluding hydrogens is 976 g/mol. The van der Waals surface area contributed by atoms with Gasteiger partial charge in [0, 0.05) is 55.7 Å². The molecule has 6 heteroatoms. The molecule has 0 fully saturated rings. The zero-order valence-corrected chi connectivity index (χ0v) is 41.8. The van der Waals surface area contributed by atoms with Gasteiger partial charge in [0.05, 0.1) is 0 Å². The summed E-state index contributed by atoms with van der Waals surface area (Å²) in [5, 5.41) is 2.26. The van der Waals surface area contributed by atoms with E-state index < -0.39 is 0 Å². The van der Waals surface area contributed by atoms with Crippen LogP contribution in [0.3, 0.4) is 0 Å². The van der Waals surface area contributed by atoms with Crippen LogP contribution < -0.4 is 14.5 Å². The number of hydrogen-bond acceptors (Lipinski definition) is 4. The summed E-state index contributed by atoms with van der Waals surface area (Å²) in [7, 11) is 0. The van der Waals surface area contributed by atoms with Crippen molar-refractivity contribution in [3.05, 3.63) is 204 Å². The first-order valence-electron chi connectivity index (χ1n) is 22.4. The number of hydrogen-bond donors (Lipinski definition) is 0. The topological polar surface area (TPSA) is 33.5 Å². The van der Waals surface area contributed by atoms with Crippen molar-refractivity contribution in [1.29, 1.82) is 0 Å². The fourth-order valence-electron chi connectivity index (χ4n) is 8.62. The van der Waals surface area contributed by atoms with E-state index in [4.69, 9.17) is 9.72 Å². The van der Waals surface area contributed by atoms with E-state index in [2.05, 4.69) is 249 Å². The molecule has 6 aromatic carbocycles. The minimum atomic E-state index is -0.357. The number of ether oxygens (including phenoxy) is 1. The molecule has 0 bridgehead atoms. The quantitative estimate of drug-likeness (QED) is 0.142. The van der Waals surface area contributed by atoms with Crippen molar-refractivity contribution in [2.45, 2.75) is 97.8 Å². The summed E-state index contributed by atoms with van der Waals surface area (Å²) in [6.07, 6.45) is 4.12. The number of rotatable bonds is 8. The predicted molar refractivity (Wildman–Crippen MR) is 268 cm³/mol. The Kier molecular flexibility index (Phi) is 12.0. The second-order valence-electron chi connectivity index (χ2n) is 20.8. The Morgan fingerprint density at radius 3 is 1.88 bits per heavy atom. The number of benzene rings is 6. The smallest absolute Gasteiger partial charge is 0.135 e. The fourth-order valence-corrected chi connectivity index (χ4v) is 8.62. The number of anilines is 2. The Hall–Kier alpha value is -5.90. The molecule has 2 aromatic heterocycles. The first-order valence-corrected chi connectivity index (χ1v) is 22.4. The van der Waals surface area contributed by atoms with E-state index >= 15 is 0 Å². The number of fused-ring (bicyclic) bond motifs is 3. The van der Waals surface area contributed by atoms with Gasteiger partial charge < -0.3 is 19.1 Å². The van der Waals surface area contributed by atoms with Crippen LogP contribution in [0.5, 0.6) is 11.5 Å². The number of aromatic nitrogens is 2. The van der Waals surface area contributed by atoms with Crippen LogP contribution in [0, 0.1) is 18.8 Å². The van der Waals surface area contributed by atoms with Crippen molar-refractivity contribution in [2.75, 3.05) is 9.80 Å². The summed E-state index contributed by atoms with van der Waals surface area (Å²) in [6.45, 7) is 27.0. The van der Waals surface area contributed by atoms with Gasteiger partial charge in [0.25, 0.3) is 0 Å². The molecule has 5 nitrogen and oxygen atoms in total. The van der Waals surface area contributed by atoms with Gasteiger partial charge in [-0.15, -0.1) is 53.6 Å². The molecule has 0 atom stereocenters. The first kappa shape index (κ1) is 45.7.